The topological polar surface area (TPSA) is 59.8 Å². The molecule has 1 aromatic carbocycles. The lowest BCUT2D eigenvalue weighted by Gasteiger charge is -2.24. The van der Waals surface area contributed by atoms with Gasteiger partial charge in [0, 0.05) is 10.4 Å². The average molecular weight is 373 g/mol. The first kappa shape index (κ1) is 16.3. The molecule has 128 valence electrons. The van der Waals surface area contributed by atoms with E-state index in [9.17, 15) is 4.79 Å². The van der Waals surface area contributed by atoms with Crippen molar-refractivity contribution in [2.75, 3.05) is 0 Å². The van der Waals surface area contributed by atoms with Crippen LogP contribution >= 0.6 is 22.9 Å². The van der Waals surface area contributed by atoms with E-state index in [1.165, 1.54) is 16.8 Å². The highest BCUT2D eigenvalue weighted by Gasteiger charge is 2.25. The van der Waals surface area contributed by atoms with Crippen molar-refractivity contribution < 1.29 is 4.79 Å². The van der Waals surface area contributed by atoms with Crippen molar-refractivity contribution in [2.24, 2.45) is 0 Å². The maximum Gasteiger partial charge on any atom is 0.252 e. The predicted octanol–water partition coefficient (Wildman–Crippen LogP) is 3.85. The Morgan fingerprint density at radius 3 is 3.12 bits per heavy atom. The summed E-state index contributed by atoms with van der Waals surface area (Å²) in [6.45, 7) is 0.518. The Morgan fingerprint density at radius 2 is 2.28 bits per heavy atom. The van der Waals surface area contributed by atoms with E-state index in [0.29, 0.717) is 12.1 Å². The lowest BCUT2D eigenvalue weighted by atomic mass is 9.93. The monoisotopic (exact) mass is 372 g/mol. The number of aromatic nitrogens is 3. The summed E-state index contributed by atoms with van der Waals surface area (Å²) in [4.78, 5) is 18.1. The zero-order valence-electron chi connectivity index (χ0n) is 13.5. The minimum absolute atomic E-state index is 0.0272. The molecule has 0 aliphatic heterocycles. The van der Waals surface area contributed by atoms with E-state index in [1.54, 1.807) is 22.3 Å². The minimum atomic E-state index is -0.0594. The molecule has 0 unspecified atom stereocenters. The molecular weight excluding hydrogens is 356 g/mol. The van der Waals surface area contributed by atoms with Crippen molar-refractivity contribution in [2.45, 2.75) is 31.8 Å². The number of rotatable bonds is 4. The van der Waals surface area contributed by atoms with Gasteiger partial charge in [0.25, 0.3) is 5.91 Å². The molecule has 0 saturated carbocycles. The molecule has 5 nitrogen and oxygen atoms in total. The third-order valence-electron chi connectivity index (χ3n) is 4.45. The van der Waals surface area contributed by atoms with Crippen LogP contribution in [-0.2, 0) is 13.0 Å². The summed E-state index contributed by atoms with van der Waals surface area (Å²) in [6.07, 6.45) is 6.19. The molecule has 0 fully saturated rings. The molecule has 7 heteroatoms. The molecule has 2 aromatic heterocycles. The summed E-state index contributed by atoms with van der Waals surface area (Å²) in [5.74, 6) is -0.0594. The Bertz CT molecular complexity index is 890. The van der Waals surface area contributed by atoms with Gasteiger partial charge in [0.15, 0.2) is 0 Å². The number of aryl methyl sites for hydroxylation is 1. The number of hydrogen-bond acceptors (Lipinski definition) is 4. The number of nitrogens with one attached hydrogen (secondary N) is 1. The zero-order chi connectivity index (χ0) is 17.2. The van der Waals surface area contributed by atoms with Gasteiger partial charge in [0.2, 0.25) is 0 Å². The van der Waals surface area contributed by atoms with Crippen LogP contribution in [0.25, 0.3) is 0 Å². The largest absolute Gasteiger partial charge is 0.345 e. The molecule has 1 atom stereocenters. The van der Waals surface area contributed by atoms with Crippen LogP contribution in [0, 0.1) is 0 Å². The first-order valence-electron chi connectivity index (χ1n) is 8.20. The van der Waals surface area contributed by atoms with Crippen molar-refractivity contribution in [3.63, 3.8) is 0 Å². The predicted molar refractivity (Wildman–Crippen MR) is 98.0 cm³/mol. The quantitative estimate of drug-likeness (QED) is 0.756. The number of fused-ring (bicyclic) bond motifs is 1. The third-order valence-corrected chi connectivity index (χ3v) is 5.79. The van der Waals surface area contributed by atoms with Crippen LogP contribution in [0.15, 0.2) is 43.0 Å². The number of carbonyl (C=O) groups excluding carboxylic acids is 1. The molecule has 25 heavy (non-hydrogen) atoms. The summed E-state index contributed by atoms with van der Waals surface area (Å²) in [5, 5.41) is 7.31. The molecule has 1 N–H and O–H groups in total. The number of carbonyl (C=O) groups is 1. The van der Waals surface area contributed by atoms with E-state index in [1.807, 2.05) is 30.3 Å². The lowest BCUT2D eigenvalue weighted by Crippen LogP contribution is -2.31. The van der Waals surface area contributed by atoms with Crippen LogP contribution in [0.5, 0.6) is 0 Å². The molecule has 1 aliphatic carbocycles. The van der Waals surface area contributed by atoms with E-state index in [0.717, 1.165) is 29.2 Å². The van der Waals surface area contributed by atoms with Gasteiger partial charge in [-0.3, -0.25) is 4.79 Å². The zero-order valence-corrected chi connectivity index (χ0v) is 15.1. The summed E-state index contributed by atoms with van der Waals surface area (Å²) in [7, 11) is 0. The highest BCUT2D eigenvalue weighted by molar-refractivity contribution is 7.16. The van der Waals surface area contributed by atoms with E-state index < -0.39 is 0 Å². The summed E-state index contributed by atoms with van der Waals surface area (Å²) >= 11 is 7.78. The maximum atomic E-state index is 12.9. The number of halogens is 1. The van der Waals surface area contributed by atoms with E-state index in [4.69, 9.17) is 11.6 Å². The van der Waals surface area contributed by atoms with Gasteiger partial charge in [-0.15, -0.1) is 11.3 Å². The number of thiophene rings is 1. The second kappa shape index (κ2) is 6.98. The number of benzene rings is 1. The van der Waals surface area contributed by atoms with Gasteiger partial charge in [-0.2, -0.15) is 5.10 Å². The van der Waals surface area contributed by atoms with Crippen LogP contribution in [0.1, 0.15) is 45.2 Å². The molecule has 3 aromatic rings. The Morgan fingerprint density at radius 1 is 1.40 bits per heavy atom. The van der Waals surface area contributed by atoms with Gasteiger partial charge in [-0.1, -0.05) is 29.8 Å². The fraction of sp³-hybridized carbons (Fsp3) is 0.278. The minimum Gasteiger partial charge on any atom is -0.345 e. The Labute approximate surface area is 154 Å². The van der Waals surface area contributed by atoms with E-state index in [2.05, 4.69) is 15.4 Å². The first-order chi connectivity index (χ1) is 12.2. The average Bonchev–Trinajstić information content (AvgIpc) is 3.24. The molecule has 0 radical (unpaired) electrons. The van der Waals surface area contributed by atoms with Gasteiger partial charge in [0.1, 0.15) is 12.7 Å². The van der Waals surface area contributed by atoms with Crippen molar-refractivity contribution >= 4 is 28.8 Å². The van der Waals surface area contributed by atoms with Crippen molar-refractivity contribution in [3.8, 4) is 0 Å². The molecule has 1 amide bonds. The molecule has 1 aliphatic rings. The second-order valence-electron chi connectivity index (χ2n) is 6.10. The Kier molecular flexibility index (Phi) is 4.55. The Balaban J connectivity index is 1.56. The van der Waals surface area contributed by atoms with Crippen LogP contribution in [-0.4, -0.2) is 20.7 Å². The standard InChI is InChI=1S/C18H17ClN4OS/c19-17-8-14-15(6-3-7-16(14)25-17)22-18(24)13-5-2-1-4-12(13)9-23-11-20-10-21-23/h1-2,4-5,8,10-11,15H,3,6-7,9H2,(H,22,24)/t15-/m1/s1. The highest BCUT2D eigenvalue weighted by Crippen LogP contribution is 2.37. The Hall–Kier alpha value is -2.18. The van der Waals surface area contributed by atoms with Crippen LogP contribution < -0.4 is 5.32 Å². The fourth-order valence-electron chi connectivity index (χ4n) is 3.28. The highest BCUT2D eigenvalue weighted by atomic mass is 35.5. The molecule has 0 spiro atoms. The third kappa shape index (κ3) is 3.45. The number of hydrogen-bond donors (Lipinski definition) is 1. The van der Waals surface area contributed by atoms with Crippen molar-refractivity contribution in [3.05, 3.63) is 68.9 Å². The smallest absolute Gasteiger partial charge is 0.252 e. The van der Waals surface area contributed by atoms with Crippen LogP contribution in [0.2, 0.25) is 4.34 Å². The van der Waals surface area contributed by atoms with Gasteiger partial charge >= 0.3 is 0 Å². The lowest BCUT2D eigenvalue weighted by molar-refractivity contribution is 0.0932. The van der Waals surface area contributed by atoms with Gasteiger partial charge in [-0.05, 0) is 42.5 Å². The van der Waals surface area contributed by atoms with Crippen molar-refractivity contribution in [1.29, 1.82) is 0 Å². The van der Waals surface area contributed by atoms with Gasteiger partial charge < -0.3 is 5.32 Å². The van der Waals surface area contributed by atoms with E-state index >= 15 is 0 Å². The molecule has 4 rings (SSSR count). The first-order valence-corrected chi connectivity index (χ1v) is 9.39. The second-order valence-corrected chi connectivity index (χ2v) is 7.87. The number of amides is 1. The van der Waals surface area contributed by atoms with Gasteiger partial charge in [-0.25, -0.2) is 9.67 Å². The summed E-state index contributed by atoms with van der Waals surface area (Å²) in [5.41, 5.74) is 2.76. The molecule has 2 heterocycles. The molecular formula is C18H17ClN4OS. The van der Waals surface area contributed by atoms with Crippen LogP contribution in [0.3, 0.4) is 0 Å². The number of nitrogens with zero attached hydrogens (tertiary/aromatic N) is 3. The molecule has 0 bridgehead atoms. The maximum absolute atomic E-state index is 12.9. The summed E-state index contributed by atoms with van der Waals surface area (Å²) < 4.78 is 2.50. The fourth-order valence-corrected chi connectivity index (χ4v) is 4.66. The summed E-state index contributed by atoms with van der Waals surface area (Å²) in [6, 6.07) is 9.64. The van der Waals surface area contributed by atoms with E-state index in [-0.39, 0.29) is 11.9 Å². The molecule has 0 saturated heterocycles. The van der Waals surface area contributed by atoms with Crippen LogP contribution in [0.4, 0.5) is 0 Å². The normalized spacial score (nSPS) is 16.4. The van der Waals surface area contributed by atoms with Crippen molar-refractivity contribution in [1.82, 2.24) is 20.1 Å². The SMILES string of the molecule is O=C(N[C@@H]1CCCc2sc(Cl)cc21)c1ccccc1Cn1cncn1. The van der Waals surface area contributed by atoms with Gasteiger partial charge in [0.05, 0.1) is 16.9 Å².